The molecular formula is C31H34FNO11. The van der Waals surface area contributed by atoms with Crippen LogP contribution >= 0.6 is 0 Å². The zero-order valence-corrected chi connectivity index (χ0v) is 24.4. The summed E-state index contributed by atoms with van der Waals surface area (Å²) in [7, 11) is 1.52. The average Bonchev–Trinajstić information content (AvgIpc) is 2.99. The highest BCUT2D eigenvalue weighted by atomic mass is 19.1. The van der Waals surface area contributed by atoms with E-state index < -0.39 is 100 Å². The molecule has 44 heavy (non-hydrogen) atoms. The second-order valence-electron chi connectivity index (χ2n) is 11.8. The molecule has 2 heterocycles. The van der Waals surface area contributed by atoms with E-state index in [1.165, 1.54) is 26.2 Å². The molecule has 2 saturated heterocycles. The average molecular weight is 616 g/mol. The fraction of sp³-hybridized carbons (Fsp3) is 0.516. The van der Waals surface area contributed by atoms with Crippen molar-refractivity contribution in [3.05, 3.63) is 57.4 Å². The second kappa shape index (κ2) is 11.2. The van der Waals surface area contributed by atoms with Crippen molar-refractivity contribution in [2.75, 3.05) is 26.8 Å². The highest BCUT2D eigenvalue weighted by Crippen LogP contribution is 2.52. The highest BCUT2D eigenvalue weighted by Gasteiger charge is 2.50. The molecule has 12 nitrogen and oxygen atoms in total. The van der Waals surface area contributed by atoms with Gasteiger partial charge >= 0.3 is 0 Å². The number of carbonyl (C=O) groups is 3. The number of methoxy groups -OCH3 is 1. The van der Waals surface area contributed by atoms with Crippen molar-refractivity contribution in [1.82, 2.24) is 4.90 Å². The van der Waals surface area contributed by atoms with Crippen molar-refractivity contribution in [2.24, 2.45) is 0 Å². The van der Waals surface area contributed by atoms with Gasteiger partial charge in [0.25, 0.3) is 0 Å². The summed E-state index contributed by atoms with van der Waals surface area (Å²) in [5.41, 5.74) is -4.26. The number of aromatic hydroxyl groups is 2. The first kappa shape index (κ1) is 30.7. The molecule has 2 fully saturated rings. The molecule has 4 aliphatic rings. The van der Waals surface area contributed by atoms with Crippen molar-refractivity contribution >= 4 is 17.3 Å². The Morgan fingerprint density at radius 3 is 2.55 bits per heavy atom. The van der Waals surface area contributed by atoms with E-state index in [0.717, 1.165) is 6.07 Å². The summed E-state index contributed by atoms with van der Waals surface area (Å²) in [4.78, 5) is 41.6. The Hall–Kier alpha value is -3.30. The van der Waals surface area contributed by atoms with Crippen LogP contribution in [0.25, 0.3) is 0 Å². The number of phenols is 2. The summed E-state index contributed by atoms with van der Waals surface area (Å²) in [6.45, 7) is 4.09. The highest BCUT2D eigenvalue weighted by molar-refractivity contribution is 6.30. The van der Waals surface area contributed by atoms with Gasteiger partial charge in [-0.25, -0.2) is 4.39 Å². The third-order valence-electron chi connectivity index (χ3n) is 9.29. The number of Topliss-reactive ketones (excluding diaryl/α,β-unsaturated/α-hetero) is 1. The van der Waals surface area contributed by atoms with E-state index in [9.17, 15) is 39.2 Å². The Balaban J connectivity index is 1.41. The van der Waals surface area contributed by atoms with Crippen molar-refractivity contribution in [1.29, 1.82) is 0 Å². The standard InChI is InChI=1S/C31H34FNO11/c1-13-26(35)18(33-7-8-42-21(12-33)41-3)9-20(43-13)44-19-11-31(40,14(2)34)10-16-23(19)30(39)25-24(28(16)37)27(36)15-5-4-6-17(32)22(15)29(25)38/h4-6,13,18-21,26,35,37,39-40H,7-12H2,1-3H3. The number of morpholine rings is 1. The Bertz CT molecular complexity index is 1550. The number of aliphatic hydroxyl groups excluding tert-OH is 1. The second-order valence-corrected chi connectivity index (χ2v) is 11.8. The molecule has 0 spiro atoms. The van der Waals surface area contributed by atoms with E-state index in [1.54, 1.807) is 6.92 Å². The first-order chi connectivity index (χ1) is 20.9. The molecule has 0 saturated carbocycles. The number of aliphatic hydroxyl groups is 2. The molecule has 0 amide bonds. The maximum Gasteiger partial charge on any atom is 0.201 e. The first-order valence-electron chi connectivity index (χ1n) is 14.5. The Kier molecular flexibility index (Phi) is 7.85. The first-order valence-corrected chi connectivity index (χ1v) is 14.5. The number of halogens is 1. The lowest BCUT2D eigenvalue weighted by Gasteiger charge is -2.47. The Morgan fingerprint density at radius 2 is 1.84 bits per heavy atom. The van der Waals surface area contributed by atoms with Gasteiger partial charge in [-0.3, -0.25) is 19.3 Å². The van der Waals surface area contributed by atoms with Crippen LogP contribution in [0.5, 0.6) is 11.5 Å². The fourth-order valence-electron chi connectivity index (χ4n) is 6.86. The van der Waals surface area contributed by atoms with Gasteiger partial charge in [-0.05, 0) is 19.9 Å². The number of ether oxygens (including phenoxy) is 4. The summed E-state index contributed by atoms with van der Waals surface area (Å²) in [5, 5.41) is 45.4. The van der Waals surface area contributed by atoms with E-state index in [-0.39, 0.29) is 29.5 Å². The van der Waals surface area contributed by atoms with Crippen molar-refractivity contribution < 1.29 is 58.1 Å². The number of carbonyl (C=O) groups excluding carboxylic acids is 3. The van der Waals surface area contributed by atoms with E-state index in [4.69, 9.17) is 18.9 Å². The summed E-state index contributed by atoms with van der Waals surface area (Å²) >= 11 is 0. The van der Waals surface area contributed by atoms with E-state index in [0.29, 0.717) is 19.7 Å². The van der Waals surface area contributed by atoms with Crippen LogP contribution in [0.1, 0.15) is 75.8 Å². The number of nitrogens with zero attached hydrogens (tertiary/aromatic N) is 1. The van der Waals surface area contributed by atoms with Gasteiger partial charge in [-0.2, -0.15) is 0 Å². The van der Waals surface area contributed by atoms with Crippen LogP contribution < -0.4 is 0 Å². The summed E-state index contributed by atoms with van der Waals surface area (Å²) in [6, 6.07) is 3.05. The molecule has 6 rings (SSSR count). The summed E-state index contributed by atoms with van der Waals surface area (Å²) < 4.78 is 37.9. The quantitative estimate of drug-likeness (QED) is 0.305. The van der Waals surface area contributed by atoms with Gasteiger partial charge in [0.05, 0.1) is 41.6 Å². The maximum atomic E-state index is 14.8. The predicted octanol–water partition coefficient (Wildman–Crippen LogP) is 1.51. The largest absolute Gasteiger partial charge is 0.507 e. The zero-order chi connectivity index (χ0) is 31.7. The van der Waals surface area contributed by atoms with Gasteiger partial charge in [0, 0.05) is 62.2 Å². The zero-order valence-electron chi connectivity index (χ0n) is 24.4. The van der Waals surface area contributed by atoms with E-state index >= 15 is 0 Å². The summed E-state index contributed by atoms with van der Waals surface area (Å²) in [5.74, 6) is -4.92. The number of hydrogen-bond acceptors (Lipinski definition) is 12. The number of ketones is 3. The normalized spacial score (nSPS) is 32.1. The van der Waals surface area contributed by atoms with Gasteiger partial charge in [-0.15, -0.1) is 0 Å². The smallest absolute Gasteiger partial charge is 0.201 e. The van der Waals surface area contributed by atoms with Gasteiger partial charge in [0.1, 0.15) is 22.9 Å². The third-order valence-corrected chi connectivity index (χ3v) is 9.29. The Labute approximate surface area is 251 Å². The lowest BCUT2D eigenvalue weighted by molar-refractivity contribution is -0.266. The lowest BCUT2D eigenvalue weighted by atomic mass is 9.72. The number of rotatable bonds is 5. The van der Waals surface area contributed by atoms with Crippen LogP contribution in [0, 0.1) is 5.82 Å². The number of benzene rings is 2. The van der Waals surface area contributed by atoms with Crippen LogP contribution in [-0.4, -0.2) is 106 Å². The van der Waals surface area contributed by atoms with Crippen molar-refractivity contribution in [2.45, 2.75) is 75.6 Å². The van der Waals surface area contributed by atoms with Crippen LogP contribution in [0.4, 0.5) is 4.39 Å². The Morgan fingerprint density at radius 1 is 1.11 bits per heavy atom. The minimum absolute atomic E-state index is 0.113. The molecular weight excluding hydrogens is 581 g/mol. The SMILES string of the molecule is COC1CN(C2CC(OC3CC(O)(C(C)=O)Cc4c(O)c5c(c(O)c43)C(=O)c3c(F)cccc3C5=O)OC(C)C2O)CCO1. The molecule has 236 valence electrons. The molecule has 2 aromatic carbocycles. The maximum absolute atomic E-state index is 14.8. The molecule has 0 aromatic heterocycles. The molecule has 4 N–H and O–H groups in total. The number of hydrogen-bond donors (Lipinski definition) is 4. The minimum atomic E-state index is -2.06. The number of fused-ring (bicyclic) bond motifs is 3. The number of phenolic OH excluding ortho intramolecular Hbond substituents is 2. The molecule has 2 aromatic rings. The van der Waals surface area contributed by atoms with Gasteiger partial charge in [0.2, 0.25) is 5.78 Å². The molecule has 7 unspecified atom stereocenters. The monoisotopic (exact) mass is 615 g/mol. The van der Waals surface area contributed by atoms with Gasteiger partial charge < -0.3 is 39.4 Å². The topological polar surface area (TPSA) is 172 Å². The van der Waals surface area contributed by atoms with E-state index in [2.05, 4.69) is 0 Å². The third kappa shape index (κ3) is 4.83. The van der Waals surface area contributed by atoms with Crippen molar-refractivity contribution in [3.8, 4) is 11.5 Å². The summed E-state index contributed by atoms with van der Waals surface area (Å²) in [6.07, 6.45) is -5.15. The molecule has 7 atom stereocenters. The predicted molar refractivity (Wildman–Crippen MR) is 148 cm³/mol. The minimum Gasteiger partial charge on any atom is -0.507 e. The van der Waals surface area contributed by atoms with Crippen LogP contribution in [-0.2, 0) is 30.2 Å². The fourth-order valence-corrected chi connectivity index (χ4v) is 6.86. The molecule has 13 heteroatoms. The van der Waals surface area contributed by atoms with Gasteiger partial charge in [0.15, 0.2) is 24.1 Å². The molecule has 0 bridgehead atoms. The van der Waals surface area contributed by atoms with Crippen molar-refractivity contribution in [3.63, 3.8) is 0 Å². The molecule has 0 radical (unpaired) electrons. The van der Waals surface area contributed by atoms with Gasteiger partial charge in [-0.1, -0.05) is 12.1 Å². The lowest BCUT2D eigenvalue weighted by Crippen LogP contribution is -2.59. The van der Waals surface area contributed by atoms with Crippen LogP contribution in [0.3, 0.4) is 0 Å². The van der Waals surface area contributed by atoms with Crippen LogP contribution in [0.15, 0.2) is 18.2 Å². The van der Waals surface area contributed by atoms with E-state index in [1.807, 2.05) is 4.90 Å². The van der Waals surface area contributed by atoms with Crippen LogP contribution in [0.2, 0.25) is 0 Å². The molecule has 2 aliphatic heterocycles. The molecule has 2 aliphatic carbocycles.